The number of nitrogens with zero attached hydrogens (tertiary/aromatic N) is 3. The first-order valence-electron chi connectivity index (χ1n) is 8.49. The van der Waals surface area contributed by atoms with Crippen LogP contribution in [-0.4, -0.2) is 35.8 Å². The molecule has 134 valence electrons. The maximum Gasteiger partial charge on any atom is 0.254 e. The highest BCUT2D eigenvalue weighted by atomic mass is 35.5. The summed E-state index contributed by atoms with van der Waals surface area (Å²) >= 11 is 6.16. The summed E-state index contributed by atoms with van der Waals surface area (Å²) in [6, 6.07) is 17.6. The Morgan fingerprint density at radius 3 is 2.65 bits per heavy atom. The molecule has 1 aromatic heterocycles. The molecular weight excluding hydrogens is 348 g/mol. The Balaban J connectivity index is 1.49. The molecule has 0 aliphatic carbocycles. The van der Waals surface area contributed by atoms with E-state index in [-0.39, 0.29) is 5.91 Å². The van der Waals surface area contributed by atoms with Crippen LogP contribution in [0.4, 0.5) is 5.69 Å². The molecule has 0 aliphatic rings. The Labute approximate surface area is 158 Å². The fourth-order valence-electron chi connectivity index (χ4n) is 2.64. The lowest BCUT2D eigenvalue weighted by molar-refractivity contribution is 0.0953. The van der Waals surface area contributed by atoms with E-state index in [4.69, 9.17) is 11.6 Å². The average molecular weight is 369 g/mol. The van der Waals surface area contributed by atoms with Crippen molar-refractivity contribution in [3.8, 4) is 5.69 Å². The van der Waals surface area contributed by atoms with Gasteiger partial charge in [-0.3, -0.25) is 4.79 Å². The maximum atomic E-state index is 12.3. The third kappa shape index (κ3) is 4.43. The second-order valence-corrected chi connectivity index (χ2v) is 6.40. The smallest absolute Gasteiger partial charge is 0.254 e. The number of nitrogens with one attached hydrogen (secondary N) is 1. The first kappa shape index (κ1) is 18.0. The number of halogens is 1. The zero-order valence-electron chi connectivity index (χ0n) is 14.6. The van der Waals surface area contributed by atoms with E-state index >= 15 is 0 Å². The van der Waals surface area contributed by atoms with Crippen molar-refractivity contribution in [3.05, 3.63) is 77.6 Å². The molecule has 3 rings (SSSR count). The fourth-order valence-corrected chi connectivity index (χ4v) is 2.86. The topological polar surface area (TPSA) is 50.2 Å². The standard InChI is InChI=1S/C20H21ClN4O/c1-24(17-8-3-2-4-9-17)13-7-12-22-20(26)16-14-23-25(15-16)19-11-6-5-10-18(19)21/h2-6,8-11,14-15H,7,12-13H2,1H3,(H,22,26). The molecule has 2 aromatic carbocycles. The molecule has 0 saturated carbocycles. The lowest BCUT2D eigenvalue weighted by atomic mass is 10.2. The van der Waals surface area contributed by atoms with E-state index in [0.29, 0.717) is 17.1 Å². The lowest BCUT2D eigenvalue weighted by Crippen LogP contribution is -2.28. The summed E-state index contributed by atoms with van der Waals surface area (Å²) in [6.45, 7) is 1.47. The van der Waals surface area contributed by atoms with E-state index in [1.807, 2.05) is 43.4 Å². The normalized spacial score (nSPS) is 10.5. The molecule has 5 nitrogen and oxygen atoms in total. The lowest BCUT2D eigenvalue weighted by Gasteiger charge is -2.19. The summed E-state index contributed by atoms with van der Waals surface area (Å²) in [5, 5.41) is 7.75. The zero-order valence-corrected chi connectivity index (χ0v) is 15.4. The first-order chi connectivity index (χ1) is 12.6. The van der Waals surface area contributed by atoms with Crippen LogP contribution in [0.2, 0.25) is 5.02 Å². The highest BCUT2D eigenvalue weighted by Crippen LogP contribution is 2.19. The summed E-state index contributed by atoms with van der Waals surface area (Å²) in [6.07, 6.45) is 4.09. The number of anilines is 1. The summed E-state index contributed by atoms with van der Waals surface area (Å²) in [5.74, 6) is -0.134. The van der Waals surface area contributed by atoms with Gasteiger partial charge >= 0.3 is 0 Å². The predicted octanol–water partition coefficient (Wildman–Crippen LogP) is 3.78. The van der Waals surface area contributed by atoms with Crippen molar-refractivity contribution in [1.29, 1.82) is 0 Å². The minimum absolute atomic E-state index is 0.134. The SMILES string of the molecule is CN(CCCNC(=O)c1cnn(-c2ccccc2Cl)c1)c1ccccc1. The van der Waals surface area contributed by atoms with E-state index in [1.54, 1.807) is 23.1 Å². The van der Waals surface area contributed by atoms with Crippen LogP contribution in [0.3, 0.4) is 0 Å². The van der Waals surface area contributed by atoms with Gasteiger partial charge < -0.3 is 10.2 Å². The highest BCUT2D eigenvalue weighted by molar-refractivity contribution is 6.32. The van der Waals surface area contributed by atoms with Gasteiger partial charge in [0.25, 0.3) is 5.91 Å². The van der Waals surface area contributed by atoms with E-state index in [0.717, 1.165) is 18.7 Å². The number of para-hydroxylation sites is 2. The number of carbonyl (C=O) groups is 1. The number of benzene rings is 2. The van der Waals surface area contributed by atoms with Crippen molar-refractivity contribution in [2.45, 2.75) is 6.42 Å². The third-order valence-electron chi connectivity index (χ3n) is 4.10. The molecule has 0 fully saturated rings. The molecule has 1 amide bonds. The molecule has 0 radical (unpaired) electrons. The predicted molar refractivity (Wildman–Crippen MR) is 105 cm³/mol. The first-order valence-corrected chi connectivity index (χ1v) is 8.87. The van der Waals surface area contributed by atoms with Crippen LogP contribution in [0.25, 0.3) is 5.69 Å². The van der Waals surface area contributed by atoms with Crippen LogP contribution in [0.15, 0.2) is 67.0 Å². The van der Waals surface area contributed by atoms with Crippen LogP contribution in [0, 0.1) is 0 Å². The summed E-state index contributed by atoms with van der Waals surface area (Å²) in [5.41, 5.74) is 2.43. The van der Waals surface area contributed by atoms with Gasteiger partial charge in [-0.2, -0.15) is 5.10 Å². The van der Waals surface area contributed by atoms with Crippen molar-refractivity contribution in [3.63, 3.8) is 0 Å². The van der Waals surface area contributed by atoms with Crippen molar-refractivity contribution in [2.24, 2.45) is 0 Å². The van der Waals surface area contributed by atoms with E-state index < -0.39 is 0 Å². The Morgan fingerprint density at radius 1 is 1.15 bits per heavy atom. The summed E-state index contributed by atoms with van der Waals surface area (Å²) in [7, 11) is 2.05. The average Bonchev–Trinajstić information content (AvgIpc) is 3.16. The van der Waals surface area contributed by atoms with Crippen molar-refractivity contribution in [2.75, 3.05) is 25.0 Å². The molecule has 26 heavy (non-hydrogen) atoms. The number of rotatable bonds is 7. The molecule has 3 aromatic rings. The van der Waals surface area contributed by atoms with Gasteiger partial charge in [-0.1, -0.05) is 41.9 Å². The van der Waals surface area contributed by atoms with Gasteiger partial charge in [-0.15, -0.1) is 0 Å². The van der Waals surface area contributed by atoms with Gasteiger partial charge in [0.05, 0.1) is 22.5 Å². The molecule has 0 aliphatic heterocycles. The van der Waals surface area contributed by atoms with Crippen molar-refractivity contribution in [1.82, 2.24) is 15.1 Å². The van der Waals surface area contributed by atoms with Crippen LogP contribution in [-0.2, 0) is 0 Å². The quantitative estimate of drug-likeness (QED) is 0.645. The zero-order chi connectivity index (χ0) is 18.4. The summed E-state index contributed by atoms with van der Waals surface area (Å²) in [4.78, 5) is 14.4. The Kier molecular flexibility index (Phi) is 5.92. The van der Waals surface area contributed by atoms with Crippen molar-refractivity contribution < 1.29 is 4.79 Å². The number of aromatic nitrogens is 2. The maximum absolute atomic E-state index is 12.3. The number of amides is 1. The van der Waals surface area contributed by atoms with Gasteiger partial charge in [-0.05, 0) is 30.7 Å². The molecular formula is C20H21ClN4O. The largest absolute Gasteiger partial charge is 0.375 e. The molecule has 0 atom stereocenters. The molecule has 1 heterocycles. The van der Waals surface area contributed by atoms with E-state index in [2.05, 4.69) is 27.4 Å². The molecule has 0 saturated heterocycles. The third-order valence-corrected chi connectivity index (χ3v) is 4.42. The van der Waals surface area contributed by atoms with Gasteiger partial charge in [0.15, 0.2) is 0 Å². The van der Waals surface area contributed by atoms with Gasteiger partial charge in [0, 0.05) is 32.0 Å². The van der Waals surface area contributed by atoms with Crippen LogP contribution >= 0.6 is 11.6 Å². The number of carbonyl (C=O) groups excluding carboxylic acids is 1. The second kappa shape index (κ2) is 8.54. The summed E-state index contributed by atoms with van der Waals surface area (Å²) < 4.78 is 1.61. The number of hydrogen-bond acceptors (Lipinski definition) is 3. The monoisotopic (exact) mass is 368 g/mol. The number of hydrogen-bond donors (Lipinski definition) is 1. The molecule has 6 heteroatoms. The Morgan fingerprint density at radius 2 is 1.88 bits per heavy atom. The molecule has 0 bridgehead atoms. The Hall–Kier alpha value is -2.79. The van der Waals surface area contributed by atoms with Crippen LogP contribution in [0.1, 0.15) is 16.8 Å². The molecule has 1 N–H and O–H groups in total. The van der Waals surface area contributed by atoms with E-state index in [9.17, 15) is 4.79 Å². The van der Waals surface area contributed by atoms with Gasteiger partial charge in [0.1, 0.15) is 0 Å². The minimum Gasteiger partial charge on any atom is -0.375 e. The van der Waals surface area contributed by atoms with Crippen LogP contribution < -0.4 is 10.2 Å². The second-order valence-electron chi connectivity index (χ2n) is 5.99. The highest BCUT2D eigenvalue weighted by Gasteiger charge is 2.10. The minimum atomic E-state index is -0.134. The van der Waals surface area contributed by atoms with Gasteiger partial charge in [-0.25, -0.2) is 4.68 Å². The Bertz CT molecular complexity index is 863. The van der Waals surface area contributed by atoms with Gasteiger partial charge in [0.2, 0.25) is 0 Å². The van der Waals surface area contributed by atoms with E-state index in [1.165, 1.54) is 5.69 Å². The molecule has 0 spiro atoms. The fraction of sp³-hybridized carbons (Fsp3) is 0.200. The molecule has 0 unspecified atom stereocenters. The van der Waals surface area contributed by atoms with Crippen molar-refractivity contribution >= 4 is 23.2 Å². The van der Waals surface area contributed by atoms with Crippen LogP contribution in [0.5, 0.6) is 0 Å².